The molecule has 1 aromatic carbocycles. The Bertz CT molecular complexity index is 723. The lowest BCUT2D eigenvalue weighted by molar-refractivity contribution is 0.420. The van der Waals surface area contributed by atoms with Crippen LogP contribution in [0.2, 0.25) is 0 Å². The lowest BCUT2D eigenvalue weighted by Crippen LogP contribution is -2.37. The van der Waals surface area contributed by atoms with E-state index in [2.05, 4.69) is 15.8 Å². The van der Waals surface area contributed by atoms with Gasteiger partial charge in [0, 0.05) is 6.04 Å². The number of halogens is 1. The van der Waals surface area contributed by atoms with Gasteiger partial charge in [-0.2, -0.15) is 0 Å². The van der Waals surface area contributed by atoms with Crippen LogP contribution in [0.5, 0.6) is 0 Å². The number of hydrazine groups is 1. The summed E-state index contributed by atoms with van der Waals surface area (Å²) in [5.74, 6) is 0.179. The fraction of sp³-hybridized carbons (Fsp3) is 0.467. The van der Waals surface area contributed by atoms with Gasteiger partial charge in [0.2, 0.25) is 0 Å². The van der Waals surface area contributed by atoms with Crippen molar-refractivity contribution in [3.8, 4) is 0 Å². The molecule has 3 rings (SSSR count). The first-order valence-corrected chi connectivity index (χ1v) is 7.30. The molecule has 1 aromatic heterocycles. The Hall–Kier alpha value is -1.79. The van der Waals surface area contributed by atoms with Gasteiger partial charge in [0.25, 0.3) is 5.56 Å². The van der Waals surface area contributed by atoms with Crippen LogP contribution in [0.3, 0.4) is 0 Å². The maximum absolute atomic E-state index is 14.0. The topological polar surface area (TPSA) is 59.0 Å². The molecule has 0 spiro atoms. The van der Waals surface area contributed by atoms with Crippen LogP contribution in [0.15, 0.2) is 23.0 Å². The van der Waals surface area contributed by atoms with Crippen LogP contribution in [-0.2, 0) is 0 Å². The van der Waals surface area contributed by atoms with E-state index in [1.165, 1.54) is 6.07 Å². The lowest BCUT2D eigenvalue weighted by atomic mass is 10.1. The van der Waals surface area contributed by atoms with E-state index in [0.29, 0.717) is 11.3 Å². The minimum atomic E-state index is -0.499. The average Bonchev–Trinajstić information content (AvgIpc) is 3.29. The zero-order valence-corrected chi connectivity index (χ0v) is 12.2. The fourth-order valence-electron chi connectivity index (χ4n) is 2.67. The summed E-state index contributed by atoms with van der Waals surface area (Å²) in [5.41, 5.74) is 6.16. The van der Waals surface area contributed by atoms with Crippen LogP contribution in [0.1, 0.15) is 44.1 Å². The van der Waals surface area contributed by atoms with E-state index in [0.717, 1.165) is 19.3 Å². The van der Waals surface area contributed by atoms with Crippen LogP contribution in [0.4, 0.5) is 4.39 Å². The summed E-state index contributed by atoms with van der Waals surface area (Å²) in [5, 5.41) is 0.0902. The molecule has 0 radical (unpaired) electrons. The Balaban J connectivity index is 2.28. The van der Waals surface area contributed by atoms with Gasteiger partial charge in [-0.25, -0.2) is 14.8 Å². The molecule has 1 atom stereocenters. The van der Waals surface area contributed by atoms with Crippen molar-refractivity contribution in [1.82, 2.24) is 20.4 Å². The number of benzene rings is 1. The van der Waals surface area contributed by atoms with Gasteiger partial charge in [-0.3, -0.25) is 14.8 Å². The van der Waals surface area contributed by atoms with Gasteiger partial charge in [0.1, 0.15) is 17.0 Å². The number of hydrogen-bond acceptors (Lipinski definition) is 4. The van der Waals surface area contributed by atoms with Gasteiger partial charge in [-0.05, 0) is 38.4 Å². The molecule has 2 N–H and O–H groups in total. The summed E-state index contributed by atoms with van der Waals surface area (Å²) in [6, 6.07) is 4.65. The van der Waals surface area contributed by atoms with E-state index >= 15 is 0 Å². The molecular formula is C15H19FN4O. The maximum Gasteiger partial charge on any atom is 0.264 e. The number of nitrogens with one attached hydrogen (secondary N) is 2. The summed E-state index contributed by atoms with van der Waals surface area (Å²) < 4.78 is 15.7. The van der Waals surface area contributed by atoms with Gasteiger partial charge in [-0.1, -0.05) is 13.0 Å². The van der Waals surface area contributed by atoms with Crippen molar-refractivity contribution < 1.29 is 4.39 Å². The van der Waals surface area contributed by atoms with E-state index in [9.17, 15) is 9.18 Å². The van der Waals surface area contributed by atoms with Crippen LogP contribution in [0.25, 0.3) is 10.9 Å². The average molecular weight is 290 g/mol. The van der Waals surface area contributed by atoms with E-state index < -0.39 is 5.82 Å². The third kappa shape index (κ3) is 2.45. The van der Waals surface area contributed by atoms with Crippen molar-refractivity contribution in [3.05, 3.63) is 40.2 Å². The molecule has 112 valence electrons. The first kappa shape index (κ1) is 14.2. The molecule has 1 unspecified atom stereocenters. The summed E-state index contributed by atoms with van der Waals surface area (Å²) >= 11 is 0. The highest BCUT2D eigenvalue weighted by atomic mass is 19.1. The minimum absolute atomic E-state index is 0.0871. The molecule has 5 nitrogen and oxygen atoms in total. The maximum atomic E-state index is 14.0. The second-order valence-corrected chi connectivity index (χ2v) is 5.37. The molecule has 2 aromatic rings. The molecule has 6 heteroatoms. The van der Waals surface area contributed by atoms with Crippen LogP contribution >= 0.6 is 0 Å². The molecule has 1 saturated carbocycles. The number of nitrogens with zero attached hydrogens (tertiary/aromatic N) is 2. The zero-order valence-electron chi connectivity index (χ0n) is 12.2. The smallest absolute Gasteiger partial charge is 0.264 e. The van der Waals surface area contributed by atoms with Crippen molar-refractivity contribution >= 4 is 10.9 Å². The third-order valence-corrected chi connectivity index (χ3v) is 3.86. The van der Waals surface area contributed by atoms with Crippen LogP contribution < -0.4 is 16.4 Å². The van der Waals surface area contributed by atoms with E-state index in [4.69, 9.17) is 0 Å². The molecule has 0 aliphatic heterocycles. The molecule has 21 heavy (non-hydrogen) atoms. The van der Waals surface area contributed by atoms with E-state index in [1.807, 2.05) is 6.92 Å². The predicted octanol–water partition coefficient (Wildman–Crippen LogP) is 2.05. The Labute approximate surface area is 122 Å². The number of aromatic nitrogens is 2. The first-order chi connectivity index (χ1) is 10.2. The Morgan fingerprint density at radius 3 is 2.86 bits per heavy atom. The minimum Gasteiger partial charge on any atom is -0.292 e. The largest absolute Gasteiger partial charge is 0.292 e. The van der Waals surface area contributed by atoms with E-state index in [-0.39, 0.29) is 23.0 Å². The van der Waals surface area contributed by atoms with Crippen molar-refractivity contribution in [2.45, 2.75) is 38.3 Å². The van der Waals surface area contributed by atoms with Gasteiger partial charge in [0.15, 0.2) is 0 Å². The number of rotatable bonds is 5. The normalized spacial score (nSPS) is 16.3. The van der Waals surface area contributed by atoms with E-state index in [1.54, 1.807) is 23.7 Å². The molecule has 1 aliphatic rings. The highest BCUT2D eigenvalue weighted by molar-refractivity contribution is 5.78. The predicted molar refractivity (Wildman–Crippen MR) is 79.5 cm³/mol. The SMILES string of the molecule is CCC(NNC)c1nc2cccc(F)c2c(=O)n1C1CC1. The Morgan fingerprint density at radius 1 is 1.48 bits per heavy atom. The molecule has 0 saturated heterocycles. The highest BCUT2D eigenvalue weighted by Gasteiger charge is 2.31. The van der Waals surface area contributed by atoms with Crippen molar-refractivity contribution in [3.63, 3.8) is 0 Å². The summed E-state index contributed by atoms with van der Waals surface area (Å²) in [7, 11) is 1.78. The molecule has 1 aliphatic carbocycles. The highest BCUT2D eigenvalue weighted by Crippen LogP contribution is 2.36. The number of fused-ring (bicyclic) bond motifs is 1. The van der Waals surface area contributed by atoms with Gasteiger partial charge >= 0.3 is 0 Å². The zero-order chi connectivity index (χ0) is 15.0. The molecule has 0 bridgehead atoms. The fourth-order valence-corrected chi connectivity index (χ4v) is 2.67. The summed E-state index contributed by atoms with van der Waals surface area (Å²) in [6.45, 7) is 2.02. The van der Waals surface area contributed by atoms with Gasteiger partial charge in [-0.15, -0.1) is 0 Å². The quantitative estimate of drug-likeness (QED) is 0.827. The number of hydrogen-bond donors (Lipinski definition) is 2. The lowest BCUT2D eigenvalue weighted by Gasteiger charge is -2.21. The van der Waals surface area contributed by atoms with Crippen molar-refractivity contribution in [2.24, 2.45) is 0 Å². The second kappa shape index (κ2) is 5.54. The summed E-state index contributed by atoms with van der Waals surface area (Å²) in [4.78, 5) is 17.3. The second-order valence-electron chi connectivity index (χ2n) is 5.37. The monoisotopic (exact) mass is 290 g/mol. The van der Waals surface area contributed by atoms with Gasteiger partial charge in [0.05, 0.1) is 11.6 Å². The third-order valence-electron chi connectivity index (χ3n) is 3.86. The Kier molecular flexibility index (Phi) is 3.73. The van der Waals surface area contributed by atoms with Crippen LogP contribution in [-0.4, -0.2) is 16.6 Å². The first-order valence-electron chi connectivity index (χ1n) is 7.30. The molecule has 1 heterocycles. The van der Waals surface area contributed by atoms with Crippen molar-refractivity contribution in [2.75, 3.05) is 7.05 Å². The molecule has 0 amide bonds. The standard InChI is InChI=1S/C15H19FN4O/c1-3-11(19-17-2)14-18-12-6-4-5-10(16)13(12)15(21)20(14)9-7-8-9/h4-6,9,11,17,19H,3,7-8H2,1-2H3. The molecular weight excluding hydrogens is 271 g/mol. The summed E-state index contributed by atoms with van der Waals surface area (Å²) in [6.07, 6.45) is 2.68. The molecule has 1 fully saturated rings. The van der Waals surface area contributed by atoms with Gasteiger partial charge < -0.3 is 0 Å². The van der Waals surface area contributed by atoms with Crippen LogP contribution in [0, 0.1) is 5.82 Å². The van der Waals surface area contributed by atoms with Crippen molar-refractivity contribution in [1.29, 1.82) is 0 Å². The Morgan fingerprint density at radius 2 is 2.24 bits per heavy atom.